The zero-order valence-electron chi connectivity index (χ0n) is 22.6. The number of sulfonamides is 1. The molecule has 0 amide bonds. The number of nitrogens with zero attached hydrogens (tertiary/aromatic N) is 4. The highest BCUT2D eigenvalue weighted by Gasteiger charge is 2.26. The predicted octanol–water partition coefficient (Wildman–Crippen LogP) is 5.55. The molecule has 11 heteroatoms. The van der Waals surface area contributed by atoms with Crippen LogP contribution in [0.15, 0.2) is 75.2 Å². The number of methoxy groups -OCH3 is 1. The Bertz CT molecular complexity index is 1690. The first-order chi connectivity index (χ1) is 19.0. The molecular formula is C29H27F2N5O3S. The fourth-order valence-corrected chi connectivity index (χ4v) is 5.37. The van der Waals surface area contributed by atoms with Crippen LogP contribution in [0.4, 0.5) is 14.5 Å². The summed E-state index contributed by atoms with van der Waals surface area (Å²) in [6, 6.07) is 4.82. The lowest BCUT2D eigenvalue weighted by Gasteiger charge is -2.24. The first-order valence-electron chi connectivity index (χ1n) is 11.8. The van der Waals surface area contributed by atoms with Gasteiger partial charge in [-0.3, -0.25) is 9.71 Å². The number of halogens is 2. The molecule has 1 aromatic carbocycles. The average Bonchev–Trinajstić information content (AvgIpc) is 3.28. The molecule has 0 unspecified atom stereocenters. The molecule has 0 bridgehead atoms. The zero-order chi connectivity index (χ0) is 29.8. The number of nitriles is 1. The minimum Gasteiger partial charge on any atom is -0.480 e. The lowest BCUT2D eigenvalue weighted by molar-refractivity contribution is 0.385. The van der Waals surface area contributed by atoms with Crippen LogP contribution in [0, 0.1) is 35.8 Å². The Morgan fingerprint density at radius 1 is 1.23 bits per heavy atom. The van der Waals surface area contributed by atoms with Gasteiger partial charge in [-0.25, -0.2) is 22.2 Å². The third-order valence-corrected chi connectivity index (χ3v) is 7.72. The Hall–Kier alpha value is -4.74. The summed E-state index contributed by atoms with van der Waals surface area (Å²) in [6.45, 7) is 5.93. The number of hydrogen-bond acceptors (Lipinski definition) is 7. The number of ether oxygens (including phenoxy) is 1. The van der Waals surface area contributed by atoms with Crippen LogP contribution in [0.5, 0.6) is 5.88 Å². The highest BCUT2D eigenvalue weighted by atomic mass is 32.2. The first kappa shape index (κ1) is 29.8. The van der Waals surface area contributed by atoms with Gasteiger partial charge in [0.25, 0.3) is 10.0 Å². The van der Waals surface area contributed by atoms with Gasteiger partial charge in [0.05, 0.1) is 23.9 Å². The second-order valence-electron chi connectivity index (χ2n) is 8.87. The highest BCUT2D eigenvalue weighted by molar-refractivity contribution is 7.92. The van der Waals surface area contributed by atoms with Gasteiger partial charge in [0.2, 0.25) is 5.88 Å². The number of rotatable bonds is 6. The molecule has 2 aliphatic heterocycles. The van der Waals surface area contributed by atoms with Gasteiger partial charge in [0.15, 0.2) is 10.7 Å². The third kappa shape index (κ3) is 5.80. The number of allylic oxidation sites excluding steroid dienone is 6. The molecule has 0 aliphatic carbocycles. The van der Waals surface area contributed by atoms with Crippen molar-refractivity contribution in [1.29, 1.82) is 5.26 Å². The SMILES string of the molecule is C#C.COc1ncc(C#N)cc1S(=O)(=O)Nc1ccc(F)c(C2=CN(C)/C(=C(\C)C3=NC(C)=C(C)C3)C=C2)c1F. The van der Waals surface area contributed by atoms with Gasteiger partial charge in [-0.1, -0.05) is 6.08 Å². The van der Waals surface area contributed by atoms with Crippen molar-refractivity contribution in [3.05, 3.63) is 88.0 Å². The van der Waals surface area contributed by atoms with E-state index in [1.54, 1.807) is 36.4 Å². The molecule has 2 aromatic rings. The average molecular weight is 564 g/mol. The van der Waals surface area contributed by atoms with Crippen LogP contribution >= 0.6 is 0 Å². The van der Waals surface area contributed by atoms with Crippen LogP contribution < -0.4 is 9.46 Å². The van der Waals surface area contributed by atoms with Crippen LogP contribution in [-0.2, 0) is 10.0 Å². The summed E-state index contributed by atoms with van der Waals surface area (Å²) < 4.78 is 63.7. The number of pyridine rings is 1. The number of terminal acetylenes is 1. The Balaban J connectivity index is 0.00000216. The summed E-state index contributed by atoms with van der Waals surface area (Å²) >= 11 is 0. The third-order valence-electron chi connectivity index (χ3n) is 6.36. The second-order valence-corrected chi connectivity index (χ2v) is 10.5. The van der Waals surface area contributed by atoms with E-state index in [2.05, 4.69) is 27.5 Å². The lowest BCUT2D eigenvalue weighted by Crippen LogP contribution is -2.18. The number of anilines is 1. The van der Waals surface area contributed by atoms with E-state index in [0.717, 1.165) is 53.5 Å². The molecule has 0 fully saturated rings. The Kier molecular flexibility index (Phi) is 8.92. The summed E-state index contributed by atoms with van der Waals surface area (Å²) in [6.07, 6.45) is 14.8. The molecule has 3 heterocycles. The maximum atomic E-state index is 15.6. The fraction of sp³-hybridized carbons (Fsp3) is 0.207. The van der Waals surface area contributed by atoms with Crippen molar-refractivity contribution in [3.8, 4) is 24.8 Å². The van der Waals surface area contributed by atoms with E-state index in [-0.39, 0.29) is 17.0 Å². The van der Waals surface area contributed by atoms with E-state index in [9.17, 15) is 12.8 Å². The molecule has 4 rings (SSSR count). The largest absolute Gasteiger partial charge is 0.480 e. The monoisotopic (exact) mass is 563 g/mol. The van der Waals surface area contributed by atoms with Crippen molar-refractivity contribution in [3.63, 3.8) is 0 Å². The standard InChI is InChI=1S/C27H25F2N5O3S.C2H2/c1-15-10-22(32-17(15)3)16(2)23-9-6-19(14-34(23)4)25-20(28)7-8-21(26(25)29)33-38(35,36)24-11-18(12-30)13-31-27(24)37-5;1-2/h6-9,11,13-14,33H,10H2,1-5H3;1-2H/b23-16+;. The topological polar surface area (TPSA) is 108 Å². The van der Waals surface area contributed by atoms with Crippen LogP contribution in [0.2, 0.25) is 0 Å². The van der Waals surface area contributed by atoms with Crippen LogP contribution in [0.1, 0.15) is 38.3 Å². The van der Waals surface area contributed by atoms with E-state index in [1.165, 1.54) is 12.7 Å². The summed E-state index contributed by atoms with van der Waals surface area (Å²) in [5.74, 6) is -2.23. The number of aromatic nitrogens is 1. The fourth-order valence-electron chi connectivity index (χ4n) is 4.16. The Morgan fingerprint density at radius 2 is 1.93 bits per heavy atom. The molecule has 0 radical (unpaired) electrons. The molecule has 0 saturated heterocycles. The maximum Gasteiger partial charge on any atom is 0.267 e. The number of hydrogen-bond donors (Lipinski definition) is 1. The van der Waals surface area contributed by atoms with Gasteiger partial charge in [-0.2, -0.15) is 5.26 Å². The summed E-state index contributed by atoms with van der Waals surface area (Å²) in [5.41, 5.74) is 4.18. The molecule has 40 heavy (non-hydrogen) atoms. The second kappa shape index (κ2) is 12.0. The van der Waals surface area contributed by atoms with Crippen molar-refractivity contribution in [2.24, 2.45) is 4.99 Å². The van der Waals surface area contributed by atoms with E-state index < -0.39 is 37.8 Å². The first-order valence-corrected chi connectivity index (χ1v) is 13.3. The summed E-state index contributed by atoms with van der Waals surface area (Å²) in [4.78, 5) is 9.72. The van der Waals surface area contributed by atoms with Crippen molar-refractivity contribution < 1.29 is 21.9 Å². The Labute approximate surface area is 232 Å². The van der Waals surface area contributed by atoms with Crippen molar-refractivity contribution in [1.82, 2.24) is 9.88 Å². The maximum absolute atomic E-state index is 15.6. The van der Waals surface area contributed by atoms with E-state index in [0.29, 0.717) is 0 Å². The van der Waals surface area contributed by atoms with E-state index >= 15 is 4.39 Å². The molecule has 0 saturated carbocycles. The smallest absolute Gasteiger partial charge is 0.267 e. The van der Waals surface area contributed by atoms with Crippen LogP contribution in [-0.4, -0.2) is 38.2 Å². The van der Waals surface area contributed by atoms with Crippen LogP contribution in [0.25, 0.3) is 5.57 Å². The lowest BCUT2D eigenvalue weighted by atomic mass is 9.98. The number of benzene rings is 1. The molecule has 8 nitrogen and oxygen atoms in total. The van der Waals surface area contributed by atoms with Gasteiger partial charge in [-0.05, 0) is 56.2 Å². The molecule has 0 spiro atoms. The molecular weight excluding hydrogens is 536 g/mol. The van der Waals surface area contributed by atoms with Gasteiger partial charge >= 0.3 is 0 Å². The molecule has 1 aromatic heterocycles. The normalized spacial score (nSPS) is 15.9. The Morgan fingerprint density at radius 3 is 2.50 bits per heavy atom. The molecule has 2 aliphatic rings. The summed E-state index contributed by atoms with van der Waals surface area (Å²) in [7, 11) is -1.47. The van der Waals surface area contributed by atoms with E-state index in [1.807, 2.05) is 20.8 Å². The highest BCUT2D eigenvalue weighted by Crippen LogP contribution is 2.34. The molecule has 206 valence electrons. The minimum absolute atomic E-state index is 0.0317. The molecule has 1 N–H and O–H groups in total. The number of aliphatic imine (C=N–C) groups is 1. The van der Waals surface area contributed by atoms with Gasteiger partial charge < -0.3 is 9.64 Å². The van der Waals surface area contributed by atoms with Crippen molar-refractivity contribution in [2.75, 3.05) is 18.9 Å². The number of likely N-dealkylation sites (N-methyl/N-ethyl adjacent to an activating group) is 1. The van der Waals surface area contributed by atoms with Crippen LogP contribution in [0.3, 0.4) is 0 Å². The van der Waals surface area contributed by atoms with Gasteiger partial charge in [-0.15, -0.1) is 12.8 Å². The predicted molar refractivity (Wildman–Crippen MR) is 151 cm³/mol. The summed E-state index contributed by atoms with van der Waals surface area (Å²) in [5, 5.41) is 9.12. The minimum atomic E-state index is -4.44. The quantitative estimate of drug-likeness (QED) is 0.462. The van der Waals surface area contributed by atoms with Crippen molar-refractivity contribution >= 4 is 27.0 Å². The van der Waals surface area contributed by atoms with Gasteiger partial charge in [0, 0.05) is 48.5 Å². The zero-order valence-corrected chi connectivity index (χ0v) is 23.4. The number of nitrogens with one attached hydrogen (secondary N) is 1. The van der Waals surface area contributed by atoms with E-state index in [4.69, 9.17) is 10.00 Å². The molecule has 0 atom stereocenters. The van der Waals surface area contributed by atoms with Crippen molar-refractivity contribution in [2.45, 2.75) is 32.1 Å². The van der Waals surface area contributed by atoms with Gasteiger partial charge in [0.1, 0.15) is 11.9 Å².